The van der Waals surface area contributed by atoms with Gasteiger partial charge in [0.15, 0.2) is 0 Å². The molecule has 0 radical (unpaired) electrons. The highest BCUT2D eigenvalue weighted by Gasteiger charge is 2.31. The topological polar surface area (TPSA) is 59.4 Å². The fourth-order valence-corrected chi connectivity index (χ4v) is 4.40. The zero-order valence-corrected chi connectivity index (χ0v) is 17.5. The van der Waals surface area contributed by atoms with Gasteiger partial charge in [-0.05, 0) is 68.2 Å². The van der Waals surface area contributed by atoms with Crippen LogP contribution in [0.4, 0.5) is 0 Å². The number of ether oxygens (including phenoxy) is 1. The Bertz CT molecular complexity index is 969. The van der Waals surface area contributed by atoms with Crippen molar-refractivity contribution in [1.82, 2.24) is 20.0 Å². The number of nitrogens with zero attached hydrogens (tertiary/aromatic N) is 3. The van der Waals surface area contributed by atoms with Crippen molar-refractivity contribution in [2.75, 3.05) is 27.2 Å². The number of amides is 1. The molecule has 30 heavy (non-hydrogen) atoms. The second kappa shape index (κ2) is 9.13. The summed E-state index contributed by atoms with van der Waals surface area (Å²) in [5, 5.41) is 7.46. The fourth-order valence-electron chi connectivity index (χ4n) is 4.40. The van der Waals surface area contributed by atoms with Gasteiger partial charge in [-0.3, -0.25) is 9.69 Å². The molecule has 0 spiro atoms. The lowest BCUT2D eigenvalue weighted by Gasteiger charge is -2.39. The molecule has 0 aliphatic carbocycles. The zero-order valence-electron chi connectivity index (χ0n) is 17.5. The van der Waals surface area contributed by atoms with E-state index in [4.69, 9.17) is 4.74 Å². The number of hydrogen-bond acceptors (Lipinski definition) is 4. The van der Waals surface area contributed by atoms with Gasteiger partial charge in [0, 0.05) is 25.0 Å². The molecule has 6 nitrogen and oxygen atoms in total. The van der Waals surface area contributed by atoms with Crippen molar-refractivity contribution in [3.8, 4) is 11.4 Å². The highest BCUT2D eigenvalue weighted by molar-refractivity contribution is 5.97. The van der Waals surface area contributed by atoms with Crippen molar-refractivity contribution < 1.29 is 9.53 Å². The molecular weight excluding hydrogens is 376 g/mol. The maximum atomic E-state index is 13.0. The van der Waals surface area contributed by atoms with Crippen LogP contribution in [-0.4, -0.2) is 47.8 Å². The Labute approximate surface area is 177 Å². The molecule has 1 aliphatic rings. The Hall–Kier alpha value is -3.12. The van der Waals surface area contributed by atoms with E-state index < -0.39 is 0 Å². The van der Waals surface area contributed by atoms with E-state index in [0.717, 1.165) is 30.8 Å². The molecule has 1 fully saturated rings. The Morgan fingerprint density at radius 2 is 1.97 bits per heavy atom. The van der Waals surface area contributed by atoms with E-state index >= 15 is 0 Å². The Morgan fingerprint density at radius 3 is 2.70 bits per heavy atom. The number of methoxy groups -OCH3 is 1. The summed E-state index contributed by atoms with van der Waals surface area (Å²) in [6.45, 7) is 1.69. The standard InChI is InChI=1S/C24H28N4O2/c1-27-15-5-7-19(23(27)18-10-12-20(30-2)13-11-18)17-25-24(29)21-8-3-4-9-22(21)28-16-6-14-26-28/h3-4,6,8-14,16,19,23H,5,7,15,17H2,1-2H3,(H,25,29). The zero-order chi connectivity index (χ0) is 20.9. The van der Waals surface area contributed by atoms with E-state index in [-0.39, 0.29) is 11.9 Å². The summed E-state index contributed by atoms with van der Waals surface area (Å²) in [5.74, 6) is 1.14. The first-order valence-electron chi connectivity index (χ1n) is 10.4. The van der Waals surface area contributed by atoms with E-state index in [1.807, 2.05) is 48.7 Å². The van der Waals surface area contributed by atoms with Crippen LogP contribution in [0.25, 0.3) is 5.69 Å². The summed E-state index contributed by atoms with van der Waals surface area (Å²) >= 11 is 0. The van der Waals surface area contributed by atoms with Crippen molar-refractivity contribution in [3.63, 3.8) is 0 Å². The smallest absolute Gasteiger partial charge is 0.253 e. The van der Waals surface area contributed by atoms with Crippen LogP contribution in [-0.2, 0) is 0 Å². The molecule has 4 rings (SSSR count). The first-order chi connectivity index (χ1) is 14.7. The van der Waals surface area contributed by atoms with Crippen LogP contribution in [0.1, 0.15) is 34.8 Å². The minimum Gasteiger partial charge on any atom is -0.497 e. The lowest BCUT2D eigenvalue weighted by atomic mass is 9.85. The van der Waals surface area contributed by atoms with Crippen LogP contribution in [0.3, 0.4) is 0 Å². The predicted molar refractivity (Wildman–Crippen MR) is 117 cm³/mol. The minimum atomic E-state index is -0.0668. The van der Waals surface area contributed by atoms with Gasteiger partial charge in [0.1, 0.15) is 5.75 Å². The second-order valence-electron chi connectivity index (χ2n) is 7.78. The maximum Gasteiger partial charge on any atom is 0.253 e. The Balaban J connectivity index is 1.50. The van der Waals surface area contributed by atoms with Crippen molar-refractivity contribution in [2.45, 2.75) is 18.9 Å². The SMILES string of the molecule is COc1ccc(C2C(CNC(=O)c3ccccc3-n3cccn3)CCCN2C)cc1. The van der Waals surface area contributed by atoms with E-state index in [0.29, 0.717) is 18.0 Å². The van der Waals surface area contributed by atoms with Gasteiger partial charge in [-0.25, -0.2) is 4.68 Å². The van der Waals surface area contributed by atoms with Gasteiger partial charge in [-0.1, -0.05) is 24.3 Å². The van der Waals surface area contributed by atoms with Crippen LogP contribution in [0.2, 0.25) is 0 Å². The average Bonchev–Trinajstić information content (AvgIpc) is 3.32. The van der Waals surface area contributed by atoms with Gasteiger partial charge >= 0.3 is 0 Å². The van der Waals surface area contributed by atoms with Gasteiger partial charge in [-0.2, -0.15) is 5.10 Å². The summed E-state index contributed by atoms with van der Waals surface area (Å²) in [5.41, 5.74) is 2.67. The van der Waals surface area contributed by atoms with Crippen LogP contribution in [0.15, 0.2) is 67.0 Å². The number of para-hydroxylation sites is 1. The third kappa shape index (κ3) is 4.24. The molecule has 1 aliphatic heterocycles. The van der Waals surface area contributed by atoms with Crippen molar-refractivity contribution >= 4 is 5.91 Å². The van der Waals surface area contributed by atoms with Crippen molar-refractivity contribution in [2.24, 2.45) is 5.92 Å². The molecule has 0 saturated carbocycles. The summed E-state index contributed by atoms with van der Waals surface area (Å²) in [6, 6.07) is 18.0. The van der Waals surface area contributed by atoms with Gasteiger partial charge in [0.25, 0.3) is 5.91 Å². The Morgan fingerprint density at radius 1 is 1.17 bits per heavy atom. The molecule has 2 atom stereocenters. The normalized spacial score (nSPS) is 19.4. The number of rotatable bonds is 6. The molecule has 6 heteroatoms. The fraction of sp³-hybridized carbons (Fsp3) is 0.333. The number of hydrogen-bond donors (Lipinski definition) is 1. The number of benzene rings is 2. The second-order valence-corrected chi connectivity index (χ2v) is 7.78. The molecule has 156 valence electrons. The summed E-state index contributed by atoms with van der Waals surface area (Å²) in [7, 11) is 3.84. The molecule has 3 aromatic rings. The van der Waals surface area contributed by atoms with Gasteiger partial charge in [-0.15, -0.1) is 0 Å². The average molecular weight is 405 g/mol. The first-order valence-corrected chi connectivity index (χ1v) is 10.4. The highest BCUT2D eigenvalue weighted by atomic mass is 16.5. The molecule has 1 amide bonds. The molecular formula is C24H28N4O2. The van der Waals surface area contributed by atoms with Crippen LogP contribution >= 0.6 is 0 Å². The summed E-state index contributed by atoms with van der Waals surface area (Å²) < 4.78 is 7.03. The minimum absolute atomic E-state index is 0.0668. The number of carbonyl (C=O) groups is 1. The molecule has 2 heterocycles. The van der Waals surface area contributed by atoms with Gasteiger partial charge in [0.05, 0.1) is 18.4 Å². The quantitative estimate of drug-likeness (QED) is 0.681. The van der Waals surface area contributed by atoms with Crippen molar-refractivity contribution in [3.05, 3.63) is 78.1 Å². The van der Waals surface area contributed by atoms with Crippen molar-refractivity contribution in [1.29, 1.82) is 0 Å². The largest absolute Gasteiger partial charge is 0.497 e. The lowest BCUT2D eigenvalue weighted by molar-refractivity contribution is 0.0891. The van der Waals surface area contributed by atoms with E-state index in [9.17, 15) is 4.79 Å². The predicted octanol–water partition coefficient (Wildman–Crippen LogP) is 3.69. The highest BCUT2D eigenvalue weighted by Crippen LogP contribution is 2.35. The van der Waals surface area contributed by atoms with Crippen LogP contribution in [0.5, 0.6) is 5.75 Å². The maximum absolute atomic E-state index is 13.0. The molecule has 2 unspecified atom stereocenters. The van der Waals surface area contributed by atoms with Gasteiger partial charge in [0.2, 0.25) is 0 Å². The number of likely N-dealkylation sites (tertiary alicyclic amines) is 1. The van der Waals surface area contributed by atoms with Crippen LogP contribution in [0, 0.1) is 5.92 Å². The lowest BCUT2D eigenvalue weighted by Crippen LogP contribution is -2.41. The summed E-state index contributed by atoms with van der Waals surface area (Å²) in [4.78, 5) is 15.4. The molecule has 0 bridgehead atoms. The van der Waals surface area contributed by atoms with E-state index in [1.54, 1.807) is 18.0 Å². The monoisotopic (exact) mass is 404 g/mol. The van der Waals surface area contributed by atoms with Gasteiger partial charge < -0.3 is 10.1 Å². The Kier molecular flexibility index (Phi) is 6.14. The number of piperidine rings is 1. The molecule has 1 aromatic heterocycles. The number of aromatic nitrogens is 2. The summed E-state index contributed by atoms with van der Waals surface area (Å²) in [6.07, 6.45) is 5.78. The molecule has 1 N–H and O–H groups in total. The van der Waals surface area contributed by atoms with Crippen LogP contribution < -0.4 is 10.1 Å². The molecule has 2 aromatic carbocycles. The molecule has 1 saturated heterocycles. The number of carbonyl (C=O) groups excluding carboxylic acids is 1. The van der Waals surface area contributed by atoms with E-state index in [2.05, 4.69) is 34.5 Å². The first kappa shape index (κ1) is 20.2. The number of nitrogens with one attached hydrogen (secondary N) is 1. The van der Waals surface area contributed by atoms with E-state index in [1.165, 1.54) is 5.56 Å². The third-order valence-electron chi connectivity index (χ3n) is 5.89. The third-order valence-corrected chi connectivity index (χ3v) is 5.89.